The number of benzene rings is 1. The van der Waals surface area contributed by atoms with E-state index in [4.69, 9.17) is 0 Å². The molecule has 1 aliphatic heterocycles. The summed E-state index contributed by atoms with van der Waals surface area (Å²) in [5, 5.41) is 11.9. The summed E-state index contributed by atoms with van der Waals surface area (Å²) < 4.78 is 14.7. The minimum absolute atomic E-state index is 0.270. The van der Waals surface area contributed by atoms with E-state index >= 15 is 0 Å². The molecule has 6 nitrogen and oxygen atoms in total. The molecule has 1 aromatic carbocycles. The molecule has 4 heterocycles. The monoisotopic (exact) mass is 432 g/mol. The van der Waals surface area contributed by atoms with E-state index in [1.807, 2.05) is 19.2 Å². The number of nitrogens with zero attached hydrogens (tertiary/aromatic N) is 4. The van der Waals surface area contributed by atoms with Gasteiger partial charge in [-0.2, -0.15) is 0 Å². The number of nitrogens with one attached hydrogen (secondary N) is 2. The van der Waals surface area contributed by atoms with E-state index in [1.54, 1.807) is 0 Å². The topological polar surface area (TPSA) is 73.5 Å². The lowest BCUT2D eigenvalue weighted by Crippen LogP contribution is -2.32. The molecular formula is C25H29FN6. The normalized spacial score (nSPS) is 15.8. The van der Waals surface area contributed by atoms with Crippen LogP contribution in [-0.2, 0) is 6.54 Å². The number of halogens is 1. The first kappa shape index (κ1) is 20.8. The van der Waals surface area contributed by atoms with E-state index in [0.29, 0.717) is 11.5 Å². The Hall–Kier alpha value is -3.06. The van der Waals surface area contributed by atoms with Gasteiger partial charge in [-0.1, -0.05) is 25.1 Å². The largest absolute Gasteiger partial charge is 0.354 e. The van der Waals surface area contributed by atoms with E-state index in [2.05, 4.69) is 62.3 Å². The molecule has 7 heteroatoms. The zero-order chi connectivity index (χ0) is 22.2. The fourth-order valence-electron chi connectivity index (χ4n) is 4.99. The number of hydrogen-bond donors (Lipinski definition) is 2. The highest BCUT2D eigenvalue weighted by molar-refractivity contribution is 5.92. The second-order valence-corrected chi connectivity index (χ2v) is 9.19. The van der Waals surface area contributed by atoms with Gasteiger partial charge in [0.25, 0.3) is 0 Å². The van der Waals surface area contributed by atoms with Gasteiger partial charge in [0.15, 0.2) is 5.82 Å². The molecule has 32 heavy (non-hydrogen) atoms. The zero-order valence-electron chi connectivity index (χ0n) is 18.8. The number of fused-ring (bicyclic) bond motifs is 1. The third-order valence-corrected chi connectivity index (χ3v) is 6.61. The Morgan fingerprint density at radius 2 is 2.00 bits per heavy atom. The summed E-state index contributed by atoms with van der Waals surface area (Å²) in [4.78, 5) is 10.0. The van der Waals surface area contributed by atoms with Crippen molar-refractivity contribution >= 4 is 10.9 Å². The lowest BCUT2D eigenvalue weighted by Gasteiger charge is -2.31. The van der Waals surface area contributed by atoms with Crippen molar-refractivity contribution in [1.29, 1.82) is 0 Å². The second kappa shape index (κ2) is 8.47. The van der Waals surface area contributed by atoms with Crippen LogP contribution in [0, 0.1) is 12.7 Å². The molecule has 0 saturated carbocycles. The number of piperidine rings is 1. The average Bonchev–Trinajstić information content (AvgIpc) is 3.43. The molecule has 0 bridgehead atoms. The molecule has 0 radical (unpaired) electrons. The van der Waals surface area contributed by atoms with Crippen molar-refractivity contribution in [1.82, 2.24) is 30.3 Å². The predicted octanol–water partition coefficient (Wildman–Crippen LogP) is 5.30. The molecule has 2 N–H and O–H groups in total. The van der Waals surface area contributed by atoms with Crippen LogP contribution in [0.3, 0.4) is 0 Å². The lowest BCUT2D eigenvalue weighted by molar-refractivity contribution is 0.202. The minimum Gasteiger partial charge on any atom is -0.354 e. The van der Waals surface area contributed by atoms with Crippen LogP contribution in [0.2, 0.25) is 0 Å². The summed E-state index contributed by atoms with van der Waals surface area (Å²) in [6.45, 7) is 9.19. The molecule has 0 unspecified atom stereocenters. The molecule has 3 aromatic heterocycles. The number of pyridine rings is 1. The Kier molecular flexibility index (Phi) is 5.51. The predicted molar refractivity (Wildman–Crippen MR) is 124 cm³/mol. The van der Waals surface area contributed by atoms with Gasteiger partial charge in [0.1, 0.15) is 0 Å². The van der Waals surface area contributed by atoms with Gasteiger partial charge in [-0.3, -0.25) is 15.0 Å². The second-order valence-electron chi connectivity index (χ2n) is 9.19. The van der Waals surface area contributed by atoms with Crippen LogP contribution in [0.15, 0.2) is 36.7 Å². The van der Waals surface area contributed by atoms with Crippen LogP contribution in [0.25, 0.3) is 22.2 Å². The van der Waals surface area contributed by atoms with Crippen molar-refractivity contribution in [2.75, 3.05) is 13.1 Å². The fourth-order valence-corrected chi connectivity index (χ4v) is 4.99. The molecule has 0 amide bonds. The minimum atomic E-state index is -0.288. The van der Waals surface area contributed by atoms with Gasteiger partial charge in [0, 0.05) is 34.9 Å². The summed E-state index contributed by atoms with van der Waals surface area (Å²) in [6, 6.07) is 8.55. The van der Waals surface area contributed by atoms with Crippen molar-refractivity contribution < 1.29 is 4.39 Å². The maximum Gasteiger partial charge on any atom is 0.150 e. The molecule has 0 aliphatic carbocycles. The van der Waals surface area contributed by atoms with Crippen LogP contribution in [0.4, 0.5) is 4.39 Å². The molecule has 166 valence electrons. The maximum atomic E-state index is 14.7. The Bertz CT molecular complexity index is 1220. The third kappa shape index (κ3) is 3.93. The zero-order valence-corrected chi connectivity index (χ0v) is 18.8. The number of aromatic amines is 2. The first-order chi connectivity index (χ1) is 15.5. The lowest BCUT2D eigenvalue weighted by atomic mass is 9.87. The Balaban J connectivity index is 1.44. The Labute approximate surface area is 187 Å². The number of aryl methyl sites for hydroxylation is 1. The van der Waals surface area contributed by atoms with Gasteiger partial charge in [-0.15, -0.1) is 5.10 Å². The Morgan fingerprint density at radius 1 is 1.19 bits per heavy atom. The summed E-state index contributed by atoms with van der Waals surface area (Å²) in [7, 11) is 0. The Morgan fingerprint density at radius 3 is 2.72 bits per heavy atom. The maximum absolute atomic E-state index is 14.7. The average molecular weight is 433 g/mol. The summed E-state index contributed by atoms with van der Waals surface area (Å²) in [5.41, 5.74) is 6.88. The van der Waals surface area contributed by atoms with Gasteiger partial charge in [0.2, 0.25) is 0 Å². The smallest absolute Gasteiger partial charge is 0.150 e. The van der Waals surface area contributed by atoms with Crippen LogP contribution in [0.1, 0.15) is 61.0 Å². The van der Waals surface area contributed by atoms with Crippen LogP contribution >= 0.6 is 0 Å². The summed E-state index contributed by atoms with van der Waals surface area (Å²) >= 11 is 0. The molecule has 0 atom stereocenters. The number of aromatic nitrogens is 5. The van der Waals surface area contributed by atoms with Gasteiger partial charge < -0.3 is 4.98 Å². The molecular weight excluding hydrogens is 403 g/mol. The fraction of sp³-hybridized carbons (Fsp3) is 0.400. The van der Waals surface area contributed by atoms with Crippen molar-refractivity contribution in [3.8, 4) is 11.3 Å². The van der Waals surface area contributed by atoms with Crippen molar-refractivity contribution in [3.63, 3.8) is 0 Å². The van der Waals surface area contributed by atoms with Gasteiger partial charge in [-0.25, -0.2) is 4.39 Å². The number of rotatable bonds is 5. The first-order valence-electron chi connectivity index (χ1n) is 11.4. The molecule has 1 fully saturated rings. The van der Waals surface area contributed by atoms with Gasteiger partial charge in [0.05, 0.1) is 17.6 Å². The first-order valence-corrected chi connectivity index (χ1v) is 11.4. The SMILES string of the molecule is Cc1cc(-c2[nH]c3ccc(C4CCN(Cc5c[nH]nn5)CC4)cc3c2C(C)C)c(F)cn1. The van der Waals surface area contributed by atoms with Crippen LogP contribution < -0.4 is 0 Å². The number of H-pyrrole nitrogens is 2. The molecule has 5 rings (SSSR count). The number of likely N-dealkylation sites (tertiary alicyclic amines) is 1. The highest BCUT2D eigenvalue weighted by Crippen LogP contribution is 2.39. The van der Waals surface area contributed by atoms with Crippen molar-refractivity contribution in [2.24, 2.45) is 0 Å². The van der Waals surface area contributed by atoms with E-state index in [0.717, 1.165) is 55.1 Å². The van der Waals surface area contributed by atoms with Gasteiger partial charge in [-0.05, 0) is 74.0 Å². The molecule has 1 aliphatic rings. The molecule has 1 saturated heterocycles. The number of hydrogen-bond acceptors (Lipinski definition) is 4. The van der Waals surface area contributed by atoms with E-state index in [-0.39, 0.29) is 11.7 Å². The van der Waals surface area contributed by atoms with E-state index in [9.17, 15) is 4.39 Å². The molecule has 0 spiro atoms. The van der Waals surface area contributed by atoms with Crippen molar-refractivity contribution in [2.45, 2.75) is 52.0 Å². The standard InChI is InChI=1S/C25H29FN6/c1-15(2)24-21-11-18(17-6-8-32(9-7-17)14-19-12-28-31-30-19)4-5-23(21)29-25(24)20-10-16(3)27-13-22(20)26/h4-5,10-13,15,17,29H,6-9,14H2,1-3H3,(H,28,30,31). The summed E-state index contributed by atoms with van der Waals surface area (Å²) in [5.74, 6) is 0.515. The summed E-state index contributed by atoms with van der Waals surface area (Å²) in [6.07, 6.45) is 5.42. The quantitative estimate of drug-likeness (QED) is 0.449. The van der Waals surface area contributed by atoms with Crippen LogP contribution in [-0.4, -0.2) is 43.4 Å². The van der Waals surface area contributed by atoms with Gasteiger partial charge >= 0.3 is 0 Å². The van der Waals surface area contributed by atoms with E-state index in [1.165, 1.54) is 22.7 Å². The third-order valence-electron chi connectivity index (χ3n) is 6.61. The van der Waals surface area contributed by atoms with Crippen LogP contribution in [0.5, 0.6) is 0 Å². The molecule has 4 aromatic rings. The van der Waals surface area contributed by atoms with E-state index < -0.39 is 0 Å². The highest BCUT2D eigenvalue weighted by atomic mass is 19.1. The highest BCUT2D eigenvalue weighted by Gasteiger charge is 2.24. The van der Waals surface area contributed by atoms with Crippen molar-refractivity contribution in [3.05, 3.63) is 65.0 Å².